The summed E-state index contributed by atoms with van der Waals surface area (Å²) in [6, 6.07) is 2.36. The van der Waals surface area contributed by atoms with Crippen molar-refractivity contribution in [2.45, 2.75) is 26.3 Å². The van der Waals surface area contributed by atoms with Crippen molar-refractivity contribution < 1.29 is 13.6 Å². The maximum Gasteiger partial charge on any atom is 0.319 e. The first-order chi connectivity index (χ1) is 8.93. The first kappa shape index (κ1) is 15.4. The third-order valence-corrected chi connectivity index (χ3v) is 2.78. The van der Waals surface area contributed by atoms with Crippen molar-refractivity contribution in [1.82, 2.24) is 5.32 Å². The van der Waals surface area contributed by atoms with Gasteiger partial charge in [-0.25, -0.2) is 13.6 Å². The highest BCUT2D eigenvalue weighted by Crippen LogP contribution is 2.15. The van der Waals surface area contributed by atoms with Crippen molar-refractivity contribution in [1.29, 1.82) is 0 Å². The molecule has 0 aromatic heterocycles. The van der Waals surface area contributed by atoms with E-state index in [1.54, 1.807) is 0 Å². The Balaban J connectivity index is 2.63. The van der Waals surface area contributed by atoms with Crippen LogP contribution >= 0.6 is 0 Å². The molecule has 4 N–H and O–H groups in total. The zero-order valence-corrected chi connectivity index (χ0v) is 11.0. The summed E-state index contributed by atoms with van der Waals surface area (Å²) in [5, 5.41) is 5.07. The molecule has 0 aliphatic carbocycles. The molecule has 19 heavy (non-hydrogen) atoms. The molecule has 106 valence electrons. The summed E-state index contributed by atoms with van der Waals surface area (Å²) >= 11 is 0. The molecule has 1 aromatic rings. The van der Waals surface area contributed by atoms with Crippen molar-refractivity contribution in [2.75, 3.05) is 11.9 Å². The molecule has 0 radical (unpaired) electrons. The molecule has 2 amide bonds. The number of anilines is 1. The van der Waals surface area contributed by atoms with E-state index in [2.05, 4.69) is 10.6 Å². The van der Waals surface area contributed by atoms with Crippen LogP contribution in [0.1, 0.15) is 20.3 Å². The minimum atomic E-state index is -0.810. The number of hydrogen-bond acceptors (Lipinski definition) is 2. The Morgan fingerprint density at radius 1 is 1.37 bits per heavy atom. The zero-order chi connectivity index (χ0) is 14.4. The first-order valence-corrected chi connectivity index (χ1v) is 6.16. The number of urea groups is 1. The van der Waals surface area contributed by atoms with Crippen molar-refractivity contribution >= 4 is 11.7 Å². The van der Waals surface area contributed by atoms with Crippen LogP contribution < -0.4 is 16.4 Å². The van der Waals surface area contributed by atoms with Gasteiger partial charge in [0.15, 0.2) is 0 Å². The molecular weight excluding hydrogens is 252 g/mol. The van der Waals surface area contributed by atoms with Crippen molar-refractivity contribution in [3.05, 3.63) is 29.8 Å². The lowest BCUT2D eigenvalue weighted by Crippen LogP contribution is -2.42. The summed E-state index contributed by atoms with van der Waals surface area (Å²) in [5.41, 5.74) is 5.40. The molecule has 1 unspecified atom stereocenters. The van der Waals surface area contributed by atoms with Crippen LogP contribution in [0.5, 0.6) is 0 Å². The number of rotatable bonds is 5. The van der Waals surface area contributed by atoms with Gasteiger partial charge in [-0.1, -0.05) is 13.8 Å². The Morgan fingerprint density at radius 2 is 2.05 bits per heavy atom. The Hall–Kier alpha value is -1.69. The van der Waals surface area contributed by atoms with Crippen LogP contribution in [0.15, 0.2) is 18.2 Å². The van der Waals surface area contributed by atoms with E-state index in [1.165, 1.54) is 6.07 Å². The van der Waals surface area contributed by atoms with Gasteiger partial charge in [-0.15, -0.1) is 0 Å². The Morgan fingerprint density at radius 3 is 2.58 bits per heavy atom. The van der Waals surface area contributed by atoms with E-state index in [-0.39, 0.29) is 17.6 Å². The average molecular weight is 271 g/mol. The molecule has 0 aliphatic rings. The predicted octanol–water partition coefficient (Wildman–Crippen LogP) is 2.46. The van der Waals surface area contributed by atoms with Gasteiger partial charge < -0.3 is 16.4 Å². The fourth-order valence-electron chi connectivity index (χ4n) is 1.67. The molecule has 0 saturated carbocycles. The van der Waals surface area contributed by atoms with Gasteiger partial charge in [0.1, 0.15) is 11.6 Å². The van der Waals surface area contributed by atoms with Crippen LogP contribution in [0.4, 0.5) is 19.3 Å². The molecule has 0 fully saturated rings. The summed E-state index contributed by atoms with van der Waals surface area (Å²) in [4.78, 5) is 11.7. The number of halogens is 2. The quantitative estimate of drug-likeness (QED) is 0.770. The topological polar surface area (TPSA) is 67.1 Å². The van der Waals surface area contributed by atoms with Crippen LogP contribution in [-0.4, -0.2) is 18.6 Å². The second-order valence-electron chi connectivity index (χ2n) is 4.65. The fourth-order valence-corrected chi connectivity index (χ4v) is 1.67. The monoisotopic (exact) mass is 271 g/mol. The van der Waals surface area contributed by atoms with Crippen LogP contribution in [0.2, 0.25) is 0 Å². The standard InChI is InChI=1S/C13H19F2N3O/c1-8(2)11(5-6-16)17-13(19)18-12-4-3-9(14)7-10(12)15/h3-4,7-8,11H,5-6,16H2,1-2H3,(H2,17,18,19). The number of nitrogens with two attached hydrogens (primary N) is 1. The van der Waals surface area contributed by atoms with Gasteiger partial charge in [0.25, 0.3) is 0 Å². The van der Waals surface area contributed by atoms with Crippen LogP contribution in [0.25, 0.3) is 0 Å². The van der Waals surface area contributed by atoms with E-state index in [9.17, 15) is 13.6 Å². The molecule has 4 nitrogen and oxygen atoms in total. The van der Waals surface area contributed by atoms with E-state index in [0.717, 1.165) is 12.1 Å². The number of amides is 2. The molecule has 0 aliphatic heterocycles. The predicted molar refractivity (Wildman–Crippen MR) is 70.8 cm³/mol. The van der Waals surface area contributed by atoms with Gasteiger partial charge in [-0.05, 0) is 31.0 Å². The van der Waals surface area contributed by atoms with Crippen LogP contribution in [-0.2, 0) is 0 Å². The number of carbonyl (C=O) groups excluding carboxylic acids is 1. The molecule has 0 bridgehead atoms. The second kappa shape index (κ2) is 7.04. The molecule has 0 saturated heterocycles. The van der Waals surface area contributed by atoms with E-state index in [1.807, 2.05) is 13.8 Å². The molecule has 0 heterocycles. The lowest BCUT2D eigenvalue weighted by Gasteiger charge is -2.22. The van der Waals surface area contributed by atoms with Gasteiger partial charge in [0.05, 0.1) is 5.69 Å². The zero-order valence-electron chi connectivity index (χ0n) is 11.0. The lowest BCUT2D eigenvalue weighted by atomic mass is 10.0. The highest BCUT2D eigenvalue weighted by molar-refractivity contribution is 5.89. The Kier molecular flexibility index (Phi) is 5.69. The first-order valence-electron chi connectivity index (χ1n) is 6.16. The van der Waals surface area contributed by atoms with Crippen LogP contribution in [0, 0.1) is 17.6 Å². The lowest BCUT2D eigenvalue weighted by molar-refractivity contribution is 0.243. The van der Waals surface area contributed by atoms with Gasteiger partial charge in [0, 0.05) is 12.1 Å². The summed E-state index contributed by atoms with van der Waals surface area (Å²) < 4.78 is 26.1. The third kappa shape index (κ3) is 4.82. The fraction of sp³-hybridized carbons (Fsp3) is 0.462. The van der Waals surface area contributed by atoms with Crippen LogP contribution in [0.3, 0.4) is 0 Å². The number of benzene rings is 1. The molecule has 1 atom stereocenters. The summed E-state index contributed by atoms with van der Waals surface area (Å²) in [6.45, 7) is 4.37. The smallest absolute Gasteiger partial charge is 0.319 e. The normalized spacial score (nSPS) is 12.3. The average Bonchev–Trinajstić information content (AvgIpc) is 2.32. The minimum Gasteiger partial charge on any atom is -0.335 e. The van der Waals surface area contributed by atoms with E-state index in [4.69, 9.17) is 5.73 Å². The number of carbonyl (C=O) groups is 1. The van der Waals surface area contributed by atoms with Gasteiger partial charge in [-0.3, -0.25) is 0 Å². The Labute approximate surface area is 111 Å². The largest absolute Gasteiger partial charge is 0.335 e. The maximum atomic E-state index is 13.4. The molecule has 6 heteroatoms. The van der Waals surface area contributed by atoms with E-state index in [0.29, 0.717) is 13.0 Å². The molecule has 0 spiro atoms. The van der Waals surface area contributed by atoms with Gasteiger partial charge >= 0.3 is 6.03 Å². The minimum absolute atomic E-state index is 0.0610. The number of nitrogens with one attached hydrogen (secondary N) is 2. The van der Waals surface area contributed by atoms with Crippen molar-refractivity contribution in [2.24, 2.45) is 11.7 Å². The molecule has 1 rings (SSSR count). The highest BCUT2D eigenvalue weighted by Gasteiger charge is 2.16. The van der Waals surface area contributed by atoms with E-state index >= 15 is 0 Å². The Bertz CT molecular complexity index is 438. The second-order valence-corrected chi connectivity index (χ2v) is 4.65. The van der Waals surface area contributed by atoms with Gasteiger partial charge in [-0.2, -0.15) is 0 Å². The van der Waals surface area contributed by atoms with Crippen molar-refractivity contribution in [3.63, 3.8) is 0 Å². The summed E-state index contributed by atoms with van der Waals surface area (Å²) in [7, 11) is 0. The third-order valence-electron chi connectivity index (χ3n) is 2.78. The van der Waals surface area contributed by atoms with Crippen molar-refractivity contribution in [3.8, 4) is 0 Å². The molecule has 1 aromatic carbocycles. The van der Waals surface area contributed by atoms with Gasteiger partial charge in [0.2, 0.25) is 0 Å². The summed E-state index contributed by atoms with van der Waals surface area (Å²) in [6.07, 6.45) is 0.636. The number of hydrogen-bond donors (Lipinski definition) is 3. The van der Waals surface area contributed by atoms with E-state index < -0.39 is 17.7 Å². The maximum absolute atomic E-state index is 13.4. The highest BCUT2D eigenvalue weighted by atomic mass is 19.1. The SMILES string of the molecule is CC(C)C(CCN)NC(=O)Nc1ccc(F)cc1F. The molecular formula is C13H19F2N3O. The summed E-state index contributed by atoms with van der Waals surface area (Å²) in [5.74, 6) is -1.28.